The molecule has 0 aromatic heterocycles. The summed E-state index contributed by atoms with van der Waals surface area (Å²) >= 11 is 0. The van der Waals surface area contributed by atoms with Crippen molar-refractivity contribution in [2.24, 2.45) is 0 Å². The van der Waals surface area contributed by atoms with Crippen LogP contribution in [0, 0.1) is 17.5 Å². The fourth-order valence-electron chi connectivity index (χ4n) is 3.16. The van der Waals surface area contributed by atoms with E-state index < -0.39 is 29.7 Å². The number of benzene rings is 3. The largest absolute Gasteiger partial charge is 0.446 e. The Morgan fingerprint density at radius 2 is 1.45 bits per heavy atom. The summed E-state index contributed by atoms with van der Waals surface area (Å²) in [6, 6.07) is 19.7. The van der Waals surface area contributed by atoms with Crippen LogP contribution < -0.4 is 0 Å². The van der Waals surface area contributed by atoms with Crippen LogP contribution >= 0.6 is 0 Å². The van der Waals surface area contributed by atoms with Crippen molar-refractivity contribution in [3.63, 3.8) is 0 Å². The fraction of sp³-hybridized carbons (Fsp3) is 0.167. The molecule has 0 spiro atoms. The van der Waals surface area contributed by atoms with Crippen LogP contribution in [0.5, 0.6) is 0 Å². The van der Waals surface area contributed by atoms with Crippen molar-refractivity contribution in [3.05, 3.63) is 107 Å². The van der Waals surface area contributed by atoms with Gasteiger partial charge < -0.3 is 4.74 Å². The van der Waals surface area contributed by atoms with Crippen molar-refractivity contribution in [1.29, 1.82) is 0 Å². The number of nitrogens with zero attached hydrogens (tertiary/aromatic N) is 1. The van der Waals surface area contributed by atoms with Gasteiger partial charge in [0.15, 0.2) is 0 Å². The zero-order valence-corrected chi connectivity index (χ0v) is 16.5. The highest BCUT2D eigenvalue weighted by molar-refractivity contribution is 5.93. The maximum Gasteiger partial charge on any atom is 0.417 e. The Morgan fingerprint density at radius 3 is 2.00 bits per heavy atom. The lowest BCUT2D eigenvalue weighted by Gasteiger charge is -2.19. The molecule has 1 heterocycles. The molecule has 4 nitrogen and oxygen atoms in total. The standard InChI is InChI=1S/C18H15F2NO3.C6H5F/c19-14-8-12(9-15(20)10-14)6-7-17(22)21-16(11-24-18(21)23)13-4-2-1-3-5-13;7-6-4-2-1-3-5-6/h1-5,8-10,16H,6-7,11H2;1-5H. The van der Waals surface area contributed by atoms with Gasteiger partial charge in [0.25, 0.3) is 0 Å². The predicted octanol–water partition coefficient (Wildman–Crippen LogP) is 5.44. The number of carbonyl (C=O) groups excluding carboxylic acids is 2. The lowest BCUT2D eigenvalue weighted by molar-refractivity contribution is -0.129. The van der Waals surface area contributed by atoms with Gasteiger partial charge in [0.1, 0.15) is 30.1 Å². The number of halogens is 3. The number of cyclic esters (lactones) is 1. The van der Waals surface area contributed by atoms with E-state index in [1.165, 1.54) is 24.3 Å². The zero-order chi connectivity index (χ0) is 22.2. The second-order valence-corrected chi connectivity index (χ2v) is 6.84. The lowest BCUT2D eigenvalue weighted by Crippen LogP contribution is -2.34. The van der Waals surface area contributed by atoms with Crippen LogP contribution in [0.15, 0.2) is 78.9 Å². The molecule has 1 fully saturated rings. The molecule has 31 heavy (non-hydrogen) atoms. The second-order valence-electron chi connectivity index (χ2n) is 6.84. The number of carbonyl (C=O) groups is 2. The first-order valence-electron chi connectivity index (χ1n) is 9.63. The van der Waals surface area contributed by atoms with Gasteiger partial charge >= 0.3 is 6.09 Å². The molecular weight excluding hydrogens is 407 g/mol. The number of hydrogen-bond acceptors (Lipinski definition) is 3. The Balaban J connectivity index is 0.000000330. The van der Waals surface area contributed by atoms with Crippen LogP contribution in [0.1, 0.15) is 23.6 Å². The summed E-state index contributed by atoms with van der Waals surface area (Å²) < 4.78 is 43.3. The molecule has 0 bridgehead atoms. The lowest BCUT2D eigenvalue weighted by atomic mass is 10.1. The third kappa shape index (κ3) is 6.18. The molecule has 0 N–H and O–H groups in total. The highest BCUT2D eigenvalue weighted by atomic mass is 19.1. The average molecular weight is 427 g/mol. The van der Waals surface area contributed by atoms with Gasteiger partial charge in [0.05, 0.1) is 0 Å². The van der Waals surface area contributed by atoms with E-state index in [4.69, 9.17) is 4.74 Å². The topological polar surface area (TPSA) is 46.6 Å². The van der Waals surface area contributed by atoms with E-state index >= 15 is 0 Å². The van der Waals surface area contributed by atoms with Gasteiger partial charge in [0.2, 0.25) is 5.91 Å². The highest BCUT2D eigenvalue weighted by Gasteiger charge is 2.38. The van der Waals surface area contributed by atoms with Gasteiger partial charge in [-0.25, -0.2) is 22.9 Å². The molecule has 1 unspecified atom stereocenters. The molecule has 1 aliphatic heterocycles. The quantitative estimate of drug-likeness (QED) is 0.557. The van der Waals surface area contributed by atoms with Gasteiger partial charge in [-0.2, -0.15) is 0 Å². The molecule has 3 aromatic rings. The maximum absolute atomic E-state index is 13.2. The predicted molar refractivity (Wildman–Crippen MR) is 108 cm³/mol. The molecule has 7 heteroatoms. The van der Waals surface area contributed by atoms with Crippen LogP contribution in [-0.2, 0) is 16.0 Å². The molecule has 0 saturated carbocycles. The monoisotopic (exact) mass is 427 g/mol. The van der Waals surface area contributed by atoms with E-state index in [0.29, 0.717) is 5.56 Å². The molecule has 4 rings (SSSR count). The summed E-state index contributed by atoms with van der Waals surface area (Å²) in [6.45, 7) is 0.100. The van der Waals surface area contributed by atoms with Crippen LogP contribution in [-0.4, -0.2) is 23.5 Å². The maximum atomic E-state index is 13.2. The average Bonchev–Trinajstić information content (AvgIpc) is 3.14. The minimum atomic E-state index is -0.695. The van der Waals surface area contributed by atoms with E-state index in [-0.39, 0.29) is 25.3 Å². The SMILES string of the molecule is Fc1ccccc1.O=C(CCc1cc(F)cc(F)c1)N1C(=O)OCC1c1ccccc1. The Kier molecular flexibility index (Phi) is 7.43. The number of rotatable bonds is 4. The van der Waals surface area contributed by atoms with Gasteiger partial charge in [-0.05, 0) is 41.8 Å². The number of aryl methyl sites for hydroxylation is 1. The molecule has 0 radical (unpaired) electrons. The van der Waals surface area contributed by atoms with E-state index in [0.717, 1.165) is 16.5 Å². The third-order valence-electron chi connectivity index (χ3n) is 4.61. The van der Waals surface area contributed by atoms with E-state index in [9.17, 15) is 22.8 Å². The van der Waals surface area contributed by atoms with Crippen LogP contribution in [0.2, 0.25) is 0 Å². The van der Waals surface area contributed by atoms with Crippen molar-refractivity contribution in [2.75, 3.05) is 6.61 Å². The normalized spacial score (nSPS) is 15.1. The van der Waals surface area contributed by atoms with Crippen molar-refractivity contribution in [1.82, 2.24) is 4.90 Å². The molecule has 1 atom stereocenters. The van der Waals surface area contributed by atoms with Crippen molar-refractivity contribution in [2.45, 2.75) is 18.9 Å². The summed E-state index contributed by atoms with van der Waals surface area (Å²) in [5.74, 6) is -2.00. The van der Waals surface area contributed by atoms with Gasteiger partial charge in [-0.1, -0.05) is 48.5 Å². The first kappa shape index (κ1) is 22.1. The van der Waals surface area contributed by atoms with Crippen molar-refractivity contribution >= 4 is 12.0 Å². The van der Waals surface area contributed by atoms with Gasteiger partial charge in [-0.3, -0.25) is 4.79 Å². The molecule has 0 aliphatic carbocycles. The number of amides is 2. The third-order valence-corrected chi connectivity index (χ3v) is 4.61. The van der Waals surface area contributed by atoms with Crippen molar-refractivity contribution in [3.8, 4) is 0 Å². The summed E-state index contributed by atoms with van der Waals surface area (Å²) in [7, 11) is 0. The first-order chi connectivity index (χ1) is 14.9. The van der Waals surface area contributed by atoms with Crippen LogP contribution in [0.3, 0.4) is 0 Å². The van der Waals surface area contributed by atoms with Gasteiger partial charge in [0, 0.05) is 12.5 Å². The Hall–Kier alpha value is -3.61. The minimum Gasteiger partial charge on any atom is -0.446 e. The molecule has 1 aliphatic rings. The van der Waals surface area contributed by atoms with E-state index in [1.54, 1.807) is 18.2 Å². The number of ether oxygens (including phenoxy) is 1. The number of imide groups is 1. The van der Waals surface area contributed by atoms with Crippen molar-refractivity contribution < 1.29 is 27.5 Å². The molecular formula is C24H20F3NO3. The van der Waals surface area contributed by atoms with Gasteiger partial charge in [-0.15, -0.1) is 0 Å². The molecule has 1 saturated heterocycles. The Morgan fingerprint density at radius 1 is 0.871 bits per heavy atom. The number of hydrogen-bond donors (Lipinski definition) is 0. The Bertz CT molecular complexity index is 1010. The molecule has 160 valence electrons. The highest BCUT2D eigenvalue weighted by Crippen LogP contribution is 2.28. The van der Waals surface area contributed by atoms with Crippen LogP contribution in [0.25, 0.3) is 0 Å². The van der Waals surface area contributed by atoms with E-state index in [2.05, 4.69) is 0 Å². The summed E-state index contributed by atoms with van der Waals surface area (Å²) in [5.41, 5.74) is 1.16. The molecule has 3 aromatic carbocycles. The molecule has 2 amide bonds. The van der Waals surface area contributed by atoms with E-state index in [1.807, 2.05) is 30.3 Å². The minimum absolute atomic E-state index is 0.0404. The summed E-state index contributed by atoms with van der Waals surface area (Å²) in [6.07, 6.45) is -0.598. The fourth-order valence-corrected chi connectivity index (χ4v) is 3.16. The second kappa shape index (κ2) is 10.4. The zero-order valence-electron chi connectivity index (χ0n) is 16.5. The van der Waals surface area contributed by atoms with Crippen LogP contribution in [0.4, 0.5) is 18.0 Å². The summed E-state index contributed by atoms with van der Waals surface area (Å²) in [5, 5.41) is 0. The summed E-state index contributed by atoms with van der Waals surface area (Å²) in [4.78, 5) is 25.4. The smallest absolute Gasteiger partial charge is 0.417 e. The Labute approximate surface area is 177 Å². The first-order valence-corrected chi connectivity index (χ1v) is 9.63.